The number of nitrogens with zero attached hydrogens (tertiary/aromatic N) is 2. The van der Waals surface area contributed by atoms with Gasteiger partial charge in [0.2, 0.25) is 0 Å². The predicted octanol–water partition coefficient (Wildman–Crippen LogP) is 1.94. The summed E-state index contributed by atoms with van der Waals surface area (Å²) in [7, 11) is 4.10. The summed E-state index contributed by atoms with van der Waals surface area (Å²) in [6, 6.07) is 5.47. The largest absolute Gasteiger partial charge is 0.398 e. The second-order valence-corrected chi connectivity index (χ2v) is 5.86. The van der Waals surface area contributed by atoms with E-state index in [0.29, 0.717) is 28.2 Å². The topological polar surface area (TPSA) is 49.6 Å². The average Bonchev–Trinajstić information content (AvgIpc) is 2.74. The number of nitrogen functional groups attached to an aromatic ring is 1. The summed E-state index contributed by atoms with van der Waals surface area (Å²) in [5.41, 5.74) is 6.80. The molecule has 0 aliphatic carbocycles. The molecule has 1 heterocycles. The van der Waals surface area contributed by atoms with Crippen LogP contribution in [0.1, 0.15) is 17.3 Å². The first-order valence-electron chi connectivity index (χ1n) is 6.41. The Bertz CT molecular complexity index is 490. The molecular formula is C14H20ClN3O. The summed E-state index contributed by atoms with van der Waals surface area (Å²) in [6.45, 7) is 3.72. The first kappa shape index (κ1) is 14.2. The van der Waals surface area contributed by atoms with E-state index in [2.05, 4.69) is 25.9 Å². The molecule has 2 atom stereocenters. The summed E-state index contributed by atoms with van der Waals surface area (Å²) in [5, 5.41) is 0.484. The van der Waals surface area contributed by atoms with Gasteiger partial charge in [0.15, 0.2) is 0 Å². The molecule has 1 amide bonds. The fraction of sp³-hybridized carbons (Fsp3) is 0.500. The van der Waals surface area contributed by atoms with E-state index in [1.807, 2.05) is 4.90 Å². The van der Waals surface area contributed by atoms with Crippen molar-refractivity contribution in [3.8, 4) is 0 Å². The molecular weight excluding hydrogens is 262 g/mol. The van der Waals surface area contributed by atoms with Gasteiger partial charge >= 0.3 is 0 Å². The number of likely N-dealkylation sites (tertiary alicyclic amines) is 1. The van der Waals surface area contributed by atoms with Crippen molar-refractivity contribution in [3.05, 3.63) is 28.8 Å². The van der Waals surface area contributed by atoms with E-state index in [9.17, 15) is 4.79 Å². The smallest absolute Gasteiger partial charge is 0.253 e. The molecule has 1 aliphatic heterocycles. The third-order valence-electron chi connectivity index (χ3n) is 3.77. The molecule has 1 fully saturated rings. The molecule has 0 spiro atoms. The fourth-order valence-electron chi connectivity index (χ4n) is 2.65. The van der Waals surface area contributed by atoms with Gasteiger partial charge in [0.1, 0.15) is 0 Å². The number of carbonyl (C=O) groups is 1. The van der Waals surface area contributed by atoms with E-state index >= 15 is 0 Å². The van der Waals surface area contributed by atoms with Gasteiger partial charge in [0.25, 0.3) is 5.91 Å². The lowest BCUT2D eigenvalue weighted by Crippen LogP contribution is -2.35. The van der Waals surface area contributed by atoms with E-state index in [-0.39, 0.29) is 5.91 Å². The van der Waals surface area contributed by atoms with Crippen molar-refractivity contribution in [2.24, 2.45) is 5.92 Å². The van der Waals surface area contributed by atoms with Crippen molar-refractivity contribution >= 4 is 23.2 Å². The normalized spacial score (nSPS) is 23.1. The molecule has 1 aliphatic rings. The molecule has 1 aromatic carbocycles. The summed E-state index contributed by atoms with van der Waals surface area (Å²) in [4.78, 5) is 16.5. The van der Waals surface area contributed by atoms with Gasteiger partial charge in [0, 0.05) is 24.7 Å². The Kier molecular flexibility index (Phi) is 4.02. The van der Waals surface area contributed by atoms with Crippen molar-refractivity contribution < 1.29 is 4.79 Å². The minimum atomic E-state index is 0.0274. The third kappa shape index (κ3) is 2.85. The number of nitrogens with two attached hydrogens (primary N) is 1. The van der Waals surface area contributed by atoms with Crippen LogP contribution in [-0.4, -0.2) is 48.9 Å². The zero-order valence-corrected chi connectivity index (χ0v) is 12.3. The highest BCUT2D eigenvalue weighted by Crippen LogP contribution is 2.24. The average molecular weight is 282 g/mol. The minimum Gasteiger partial charge on any atom is -0.398 e. The molecule has 4 nitrogen and oxygen atoms in total. The Hall–Kier alpha value is -1.26. The van der Waals surface area contributed by atoms with Crippen LogP contribution in [0.15, 0.2) is 18.2 Å². The maximum Gasteiger partial charge on any atom is 0.253 e. The number of halogens is 1. The van der Waals surface area contributed by atoms with Crippen LogP contribution in [0.2, 0.25) is 5.02 Å². The Labute approximate surface area is 119 Å². The number of carbonyl (C=O) groups excluding carboxylic acids is 1. The Balaban J connectivity index is 2.15. The van der Waals surface area contributed by atoms with Gasteiger partial charge in [-0.2, -0.15) is 0 Å². The molecule has 2 unspecified atom stereocenters. The standard InChI is InChI=1S/C14H20ClN3O/c1-9-7-18(8-13(9)17(2)3)14(19)10-4-5-11(15)12(16)6-10/h4-6,9,13H,7-8,16H2,1-3H3. The SMILES string of the molecule is CC1CN(C(=O)c2ccc(Cl)c(N)c2)CC1N(C)C. The lowest BCUT2D eigenvalue weighted by Gasteiger charge is -2.22. The summed E-state index contributed by atoms with van der Waals surface area (Å²) in [6.07, 6.45) is 0. The van der Waals surface area contributed by atoms with Crippen LogP contribution in [0.25, 0.3) is 0 Å². The number of hydrogen-bond donors (Lipinski definition) is 1. The molecule has 5 heteroatoms. The number of hydrogen-bond acceptors (Lipinski definition) is 3. The van der Waals surface area contributed by atoms with Crippen LogP contribution in [0, 0.1) is 5.92 Å². The maximum absolute atomic E-state index is 12.4. The second kappa shape index (κ2) is 5.39. The molecule has 1 aromatic rings. The first-order valence-corrected chi connectivity index (χ1v) is 6.78. The number of anilines is 1. The van der Waals surface area contributed by atoms with Crippen molar-refractivity contribution in [2.75, 3.05) is 32.9 Å². The highest BCUT2D eigenvalue weighted by Gasteiger charge is 2.33. The molecule has 0 radical (unpaired) electrons. The minimum absolute atomic E-state index is 0.0274. The van der Waals surface area contributed by atoms with Gasteiger partial charge in [-0.25, -0.2) is 0 Å². The van der Waals surface area contributed by atoms with Gasteiger partial charge in [-0.05, 0) is 38.2 Å². The first-order chi connectivity index (χ1) is 8.90. The number of likely N-dealkylation sites (N-methyl/N-ethyl adjacent to an activating group) is 1. The van der Waals surface area contributed by atoms with Gasteiger partial charge < -0.3 is 15.5 Å². The van der Waals surface area contributed by atoms with Crippen molar-refractivity contribution in [1.29, 1.82) is 0 Å². The number of amides is 1. The molecule has 104 valence electrons. The molecule has 0 saturated carbocycles. The summed E-state index contributed by atoms with van der Waals surface area (Å²) >= 11 is 5.88. The van der Waals surface area contributed by atoms with E-state index in [0.717, 1.165) is 13.1 Å². The maximum atomic E-state index is 12.4. The predicted molar refractivity (Wildman–Crippen MR) is 78.4 cm³/mol. The zero-order valence-electron chi connectivity index (χ0n) is 11.6. The highest BCUT2D eigenvalue weighted by atomic mass is 35.5. The molecule has 0 bridgehead atoms. The van der Waals surface area contributed by atoms with Gasteiger partial charge in [-0.15, -0.1) is 0 Å². The van der Waals surface area contributed by atoms with E-state index in [1.54, 1.807) is 18.2 Å². The quantitative estimate of drug-likeness (QED) is 0.843. The lowest BCUT2D eigenvalue weighted by atomic mass is 10.1. The second-order valence-electron chi connectivity index (χ2n) is 5.45. The van der Waals surface area contributed by atoms with Crippen molar-refractivity contribution in [3.63, 3.8) is 0 Å². The molecule has 1 saturated heterocycles. The van der Waals surface area contributed by atoms with Crippen LogP contribution in [0.4, 0.5) is 5.69 Å². The van der Waals surface area contributed by atoms with Crippen LogP contribution in [-0.2, 0) is 0 Å². The van der Waals surface area contributed by atoms with Crippen LogP contribution in [0.3, 0.4) is 0 Å². The third-order valence-corrected chi connectivity index (χ3v) is 4.11. The molecule has 2 rings (SSSR count). The lowest BCUT2D eigenvalue weighted by molar-refractivity contribution is 0.0781. The summed E-state index contributed by atoms with van der Waals surface area (Å²) in [5.74, 6) is 0.503. The fourth-order valence-corrected chi connectivity index (χ4v) is 2.76. The molecule has 0 aromatic heterocycles. The van der Waals surface area contributed by atoms with E-state index in [1.165, 1.54) is 0 Å². The summed E-state index contributed by atoms with van der Waals surface area (Å²) < 4.78 is 0. The zero-order chi connectivity index (χ0) is 14.2. The Morgan fingerprint density at radius 2 is 2.11 bits per heavy atom. The monoisotopic (exact) mass is 281 g/mol. The number of benzene rings is 1. The Morgan fingerprint density at radius 3 is 2.63 bits per heavy atom. The molecule has 2 N–H and O–H groups in total. The Morgan fingerprint density at radius 1 is 1.42 bits per heavy atom. The van der Waals surface area contributed by atoms with E-state index < -0.39 is 0 Å². The molecule has 19 heavy (non-hydrogen) atoms. The van der Waals surface area contributed by atoms with Crippen molar-refractivity contribution in [2.45, 2.75) is 13.0 Å². The van der Waals surface area contributed by atoms with Crippen LogP contribution >= 0.6 is 11.6 Å². The highest BCUT2D eigenvalue weighted by molar-refractivity contribution is 6.33. The van der Waals surface area contributed by atoms with Gasteiger partial charge in [-0.3, -0.25) is 4.79 Å². The van der Waals surface area contributed by atoms with Crippen molar-refractivity contribution in [1.82, 2.24) is 9.80 Å². The van der Waals surface area contributed by atoms with Crippen LogP contribution in [0.5, 0.6) is 0 Å². The van der Waals surface area contributed by atoms with Gasteiger partial charge in [-0.1, -0.05) is 18.5 Å². The van der Waals surface area contributed by atoms with Crippen LogP contribution < -0.4 is 5.73 Å². The number of rotatable bonds is 2. The van der Waals surface area contributed by atoms with Gasteiger partial charge in [0.05, 0.1) is 10.7 Å². The van der Waals surface area contributed by atoms with E-state index in [4.69, 9.17) is 17.3 Å².